The highest BCUT2D eigenvalue weighted by Gasteiger charge is 2.31. The van der Waals surface area contributed by atoms with E-state index in [1.54, 1.807) is 41.7 Å². The van der Waals surface area contributed by atoms with Gasteiger partial charge in [0.2, 0.25) is 17.7 Å². The maximum absolute atomic E-state index is 13.8. The molecule has 0 radical (unpaired) electrons. The van der Waals surface area contributed by atoms with Crippen LogP contribution in [0.4, 0.5) is 4.79 Å². The second-order valence-electron chi connectivity index (χ2n) is 20.2. The molecule has 4 amide bonds. The standard InChI is InChI=1S/C44H87N5O11/c1-38(2,3)60-37(53)49-44(14,15)57-28-21-39(4,5)48-36(52)33(47-35(51)32-59-43(12,13)24-30-56-41(8,9)22-27-54-16)19-17-18-26-46-34(50)31-58-42(10,11)23-29-55-40(6,7)20-25-45/h33H,17-32,45H2,1-16H3,(H,46,50)(H,47,51)(H,48,52)(H,49,53)/t33-/m0/s1. The van der Waals surface area contributed by atoms with Gasteiger partial charge in [0, 0.05) is 25.8 Å². The average Bonchev–Trinajstić information content (AvgIpc) is 3.06. The number of hydrogen-bond donors (Lipinski definition) is 5. The van der Waals surface area contributed by atoms with E-state index in [1.807, 2.05) is 69.2 Å². The monoisotopic (exact) mass is 862 g/mol. The Morgan fingerprint density at radius 1 is 0.567 bits per heavy atom. The van der Waals surface area contributed by atoms with Crippen LogP contribution in [-0.4, -0.2) is 129 Å². The van der Waals surface area contributed by atoms with Gasteiger partial charge in [-0.1, -0.05) is 0 Å². The van der Waals surface area contributed by atoms with E-state index in [0.29, 0.717) is 71.4 Å². The Balaban J connectivity index is 5.35. The van der Waals surface area contributed by atoms with Crippen molar-refractivity contribution in [2.24, 2.45) is 5.73 Å². The van der Waals surface area contributed by atoms with Crippen LogP contribution in [0.5, 0.6) is 0 Å². The normalized spacial score (nSPS) is 13.8. The van der Waals surface area contributed by atoms with Crippen LogP contribution in [0.15, 0.2) is 0 Å². The third-order valence-corrected chi connectivity index (χ3v) is 9.58. The molecule has 16 heteroatoms. The van der Waals surface area contributed by atoms with E-state index < -0.39 is 46.1 Å². The first-order chi connectivity index (χ1) is 27.3. The van der Waals surface area contributed by atoms with Gasteiger partial charge in [0.05, 0.1) is 42.2 Å². The third-order valence-electron chi connectivity index (χ3n) is 9.58. The molecule has 0 unspecified atom stereocenters. The molecule has 0 bridgehead atoms. The van der Waals surface area contributed by atoms with Gasteiger partial charge in [-0.3, -0.25) is 19.7 Å². The van der Waals surface area contributed by atoms with Crippen molar-refractivity contribution in [2.45, 2.75) is 201 Å². The number of ether oxygens (including phenoxy) is 7. The summed E-state index contributed by atoms with van der Waals surface area (Å²) in [6, 6.07) is -0.864. The molecule has 0 saturated carbocycles. The van der Waals surface area contributed by atoms with Crippen molar-refractivity contribution in [3.63, 3.8) is 0 Å². The van der Waals surface area contributed by atoms with Crippen molar-refractivity contribution < 1.29 is 52.3 Å². The number of nitrogens with two attached hydrogens (primary N) is 1. The van der Waals surface area contributed by atoms with Crippen LogP contribution in [0.3, 0.4) is 0 Å². The fourth-order valence-electron chi connectivity index (χ4n) is 5.54. The second kappa shape index (κ2) is 26.1. The van der Waals surface area contributed by atoms with Crippen molar-refractivity contribution in [3.8, 4) is 0 Å². The van der Waals surface area contributed by atoms with E-state index in [1.165, 1.54) is 0 Å². The molecule has 0 aromatic carbocycles. The molecule has 0 aliphatic carbocycles. The molecule has 1 atom stereocenters. The lowest BCUT2D eigenvalue weighted by Gasteiger charge is -2.32. The van der Waals surface area contributed by atoms with Crippen molar-refractivity contribution in [3.05, 3.63) is 0 Å². The summed E-state index contributed by atoms with van der Waals surface area (Å²) in [5.41, 5.74) is 1.37. The Morgan fingerprint density at radius 3 is 1.57 bits per heavy atom. The number of alkyl carbamates (subject to hydrolysis) is 1. The first-order valence-electron chi connectivity index (χ1n) is 21.6. The summed E-state index contributed by atoms with van der Waals surface area (Å²) in [4.78, 5) is 51.9. The molecule has 6 N–H and O–H groups in total. The van der Waals surface area contributed by atoms with Crippen LogP contribution in [-0.2, 0) is 47.5 Å². The van der Waals surface area contributed by atoms with Gasteiger partial charge < -0.3 is 54.8 Å². The molecule has 0 spiro atoms. The lowest BCUT2D eigenvalue weighted by molar-refractivity contribution is -0.138. The van der Waals surface area contributed by atoms with Gasteiger partial charge in [-0.15, -0.1) is 0 Å². The predicted molar refractivity (Wildman–Crippen MR) is 235 cm³/mol. The van der Waals surface area contributed by atoms with Crippen molar-refractivity contribution >= 4 is 23.8 Å². The Labute approximate surface area is 362 Å². The zero-order chi connectivity index (χ0) is 46.5. The van der Waals surface area contributed by atoms with Gasteiger partial charge in [-0.25, -0.2) is 4.79 Å². The molecule has 354 valence electrons. The average molecular weight is 862 g/mol. The summed E-state index contributed by atoms with van der Waals surface area (Å²) in [5, 5.41) is 11.5. The fraction of sp³-hybridized carbons (Fsp3) is 0.909. The second-order valence-corrected chi connectivity index (χ2v) is 20.2. The highest BCUT2D eigenvalue weighted by molar-refractivity contribution is 5.88. The highest BCUT2D eigenvalue weighted by Crippen LogP contribution is 2.21. The Bertz CT molecular complexity index is 1280. The zero-order valence-corrected chi connectivity index (χ0v) is 40.5. The first-order valence-corrected chi connectivity index (χ1v) is 21.6. The van der Waals surface area contributed by atoms with Crippen LogP contribution in [0.25, 0.3) is 0 Å². The Kier molecular flexibility index (Phi) is 25.0. The number of hydrogen-bond acceptors (Lipinski definition) is 12. The SMILES string of the molecule is COCCC(C)(C)OCCC(C)(C)OCC(=O)N[C@@H](CCCCNC(=O)COC(C)(C)CCOC(C)(C)CCN)C(=O)NC(C)(C)CCOC(C)(C)NC(=O)OC(C)(C)C. The molecular formula is C44H87N5O11. The molecule has 0 heterocycles. The van der Waals surface area contributed by atoms with Crippen LogP contribution >= 0.6 is 0 Å². The summed E-state index contributed by atoms with van der Waals surface area (Å²) in [6.45, 7) is 30.4. The first kappa shape index (κ1) is 57.4. The Morgan fingerprint density at radius 2 is 1.05 bits per heavy atom. The molecule has 0 aliphatic rings. The van der Waals surface area contributed by atoms with E-state index >= 15 is 0 Å². The molecule has 16 nitrogen and oxygen atoms in total. The summed E-state index contributed by atoms with van der Waals surface area (Å²) < 4.78 is 40.4. The number of carbonyl (C=O) groups excluding carboxylic acids is 4. The van der Waals surface area contributed by atoms with E-state index in [4.69, 9.17) is 38.9 Å². The molecule has 0 aliphatic heterocycles. The minimum Gasteiger partial charge on any atom is -0.444 e. The number of rotatable bonds is 32. The molecule has 0 fully saturated rings. The number of amides is 4. The molecule has 60 heavy (non-hydrogen) atoms. The number of methoxy groups -OCH3 is 1. The number of carbonyl (C=O) groups is 4. The van der Waals surface area contributed by atoms with Gasteiger partial charge >= 0.3 is 6.09 Å². The predicted octanol–water partition coefficient (Wildman–Crippen LogP) is 5.67. The van der Waals surface area contributed by atoms with E-state index in [9.17, 15) is 19.2 Å². The number of nitrogens with one attached hydrogen (secondary N) is 4. The maximum Gasteiger partial charge on any atom is 0.409 e. The maximum atomic E-state index is 13.8. The Hall–Kier alpha value is -2.60. The molecular weight excluding hydrogens is 775 g/mol. The summed E-state index contributed by atoms with van der Waals surface area (Å²) in [7, 11) is 1.66. The van der Waals surface area contributed by atoms with Crippen LogP contribution in [0.1, 0.15) is 155 Å². The zero-order valence-electron chi connectivity index (χ0n) is 40.5. The van der Waals surface area contributed by atoms with Gasteiger partial charge in [0.25, 0.3) is 0 Å². The molecule has 0 aromatic heterocycles. The van der Waals surface area contributed by atoms with Crippen molar-refractivity contribution in [2.75, 3.05) is 59.8 Å². The quantitative estimate of drug-likeness (QED) is 0.0410. The van der Waals surface area contributed by atoms with Gasteiger partial charge in [0.15, 0.2) is 0 Å². The molecule has 0 rings (SSSR count). The van der Waals surface area contributed by atoms with Crippen molar-refractivity contribution in [1.29, 1.82) is 0 Å². The minimum atomic E-state index is -1.02. The van der Waals surface area contributed by atoms with Gasteiger partial charge in [-0.2, -0.15) is 0 Å². The fourth-order valence-corrected chi connectivity index (χ4v) is 5.54. The van der Waals surface area contributed by atoms with Crippen LogP contribution < -0.4 is 27.0 Å². The van der Waals surface area contributed by atoms with Crippen molar-refractivity contribution in [1.82, 2.24) is 21.3 Å². The number of unbranched alkanes of at least 4 members (excludes halogenated alkanes) is 1. The summed E-state index contributed by atoms with van der Waals surface area (Å²) >= 11 is 0. The molecule has 0 aromatic rings. The van der Waals surface area contributed by atoms with Gasteiger partial charge in [-0.05, 0) is 162 Å². The lowest BCUT2D eigenvalue weighted by atomic mass is 9.99. The molecule has 0 saturated heterocycles. The van der Waals surface area contributed by atoms with E-state index in [0.717, 1.165) is 12.8 Å². The van der Waals surface area contributed by atoms with Crippen LogP contribution in [0.2, 0.25) is 0 Å². The van der Waals surface area contributed by atoms with Crippen LogP contribution in [0, 0.1) is 0 Å². The minimum absolute atomic E-state index is 0.0959. The topological polar surface area (TPSA) is 207 Å². The lowest BCUT2D eigenvalue weighted by Crippen LogP contribution is -2.54. The highest BCUT2D eigenvalue weighted by atomic mass is 16.6. The third kappa shape index (κ3) is 30.4. The largest absolute Gasteiger partial charge is 0.444 e. The van der Waals surface area contributed by atoms with Gasteiger partial charge in [0.1, 0.15) is 30.6 Å². The summed E-state index contributed by atoms with van der Waals surface area (Å²) in [6.07, 6.45) is 3.90. The summed E-state index contributed by atoms with van der Waals surface area (Å²) in [5.74, 6) is -1.03. The van der Waals surface area contributed by atoms with E-state index in [2.05, 4.69) is 21.3 Å². The smallest absolute Gasteiger partial charge is 0.409 e. The van der Waals surface area contributed by atoms with E-state index in [-0.39, 0.29) is 42.8 Å².